The first-order valence-corrected chi connectivity index (χ1v) is 10.7. The fourth-order valence-corrected chi connectivity index (χ4v) is 4.55. The Bertz CT molecular complexity index is 1200. The third kappa shape index (κ3) is 3.62. The number of H-pyrrole nitrogens is 3. The third-order valence-electron chi connectivity index (χ3n) is 5.94. The monoisotopic (exact) mass is 404 g/mol. The molecule has 0 aliphatic carbocycles. The van der Waals surface area contributed by atoms with E-state index in [0.717, 1.165) is 19.6 Å². The number of fused-ring (bicyclic) bond motifs is 3. The molecule has 0 atom stereocenters. The van der Waals surface area contributed by atoms with Crippen LogP contribution in [-0.2, 0) is 19.6 Å². The molecule has 4 heteroatoms. The highest BCUT2D eigenvalue weighted by atomic mass is 15.1. The lowest BCUT2D eigenvalue weighted by molar-refractivity contribution is 0.240. The molecule has 0 aliphatic heterocycles. The summed E-state index contributed by atoms with van der Waals surface area (Å²) in [5.41, 5.74) is 7.26. The van der Waals surface area contributed by atoms with Crippen LogP contribution in [0.3, 0.4) is 0 Å². The molecule has 3 heterocycles. The Hall–Kier alpha value is -3.76. The molecule has 152 valence electrons. The average Bonchev–Trinajstić information content (AvgIpc) is 3.48. The second-order valence-electron chi connectivity index (χ2n) is 8.29. The van der Waals surface area contributed by atoms with Gasteiger partial charge in [-0.25, -0.2) is 0 Å². The van der Waals surface area contributed by atoms with Gasteiger partial charge >= 0.3 is 0 Å². The zero-order chi connectivity index (χ0) is 20.6. The molecule has 3 aromatic carbocycles. The largest absolute Gasteiger partial charge is 0.357 e. The van der Waals surface area contributed by atoms with Crippen LogP contribution in [0.15, 0.2) is 91.0 Å². The van der Waals surface area contributed by atoms with Gasteiger partial charge in [0.1, 0.15) is 0 Å². The lowest BCUT2D eigenvalue weighted by Crippen LogP contribution is -2.23. The molecule has 0 radical (unpaired) electrons. The Kier molecular flexibility index (Phi) is 4.36. The molecule has 0 aliphatic rings. The molecule has 3 N–H and O–H groups in total. The van der Waals surface area contributed by atoms with Crippen LogP contribution in [0.2, 0.25) is 0 Å². The van der Waals surface area contributed by atoms with Crippen LogP contribution >= 0.6 is 0 Å². The third-order valence-corrected chi connectivity index (χ3v) is 5.94. The molecule has 0 saturated heterocycles. The Morgan fingerprint density at radius 2 is 0.774 bits per heavy atom. The topological polar surface area (TPSA) is 50.6 Å². The molecular weight excluding hydrogens is 380 g/mol. The Morgan fingerprint density at radius 1 is 0.452 bits per heavy atom. The number of aromatic amines is 3. The first kappa shape index (κ1) is 18.0. The van der Waals surface area contributed by atoms with E-state index in [1.807, 2.05) is 0 Å². The summed E-state index contributed by atoms with van der Waals surface area (Å²) in [5.74, 6) is 0. The summed E-state index contributed by atoms with van der Waals surface area (Å²) in [6, 6.07) is 32.2. The predicted octanol–water partition coefficient (Wildman–Crippen LogP) is 6.33. The molecular formula is C27H24N4. The first-order chi connectivity index (χ1) is 15.3. The lowest BCUT2D eigenvalue weighted by Gasteiger charge is -2.20. The smallest absolute Gasteiger partial charge is 0.0456 e. The number of benzene rings is 3. The van der Waals surface area contributed by atoms with E-state index in [9.17, 15) is 0 Å². The van der Waals surface area contributed by atoms with Crippen LogP contribution in [0.1, 0.15) is 17.1 Å². The number of hydrogen-bond donors (Lipinski definition) is 3. The summed E-state index contributed by atoms with van der Waals surface area (Å²) in [7, 11) is 0. The highest BCUT2D eigenvalue weighted by Gasteiger charge is 2.13. The van der Waals surface area contributed by atoms with E-state index >= 15 is 0 Å². The van der Waals surface area contributed by atoms with Crippen LogP contribution in [0.25, 0.3) is 32.7 Å². The zero-order valence-corrected chi connectivity index (χ0v) is 17.2. The summed E-state index contributed by atoms with van der Waals surface area (Å²) in [5, 5.41) is 3.77. The molecule has 6 aromatic rings. The van der Waals surface area contributed by atoms with Crippen molar-refractivity contribution in [2.24, 2.45) is 0 Å². The van der Waals surface area contributed by atoms with Crippen molar-refractivity contribution in [2.45, 2.75) is 19.6 Å². The molecule has 3 aromatic heterocycles. The maximum absolute atomic E-state index is 3.59. The maximum atomic E-state index is 3.59. The van der Waals surface area contributed by atoms with Gasteiger partial charge < -0.3 is 15.0 Å². The van der Waals surface area contributed by atoms with Crippen LogP contribution in [-0.4, -0.2) is 19.9 Å². The average molecular weight is 405 g/mol. The van der Waals surface area contributed by atoms with Gasteiger partial charge in [0.25, 0.3) is 0 Å². The molecule has 4 nitrogen and oxygen atoms in total. The van der Waals surface area contributed by atoms with Gasteiger partial charge in [0, 0.05) is 53.3 Å². The van der Waals surface area contributed by atoms with E-state index < -0.39 is 0 Å². The molecule has 0 saturated carbocycles. The summed E-state index contributed by atoms with van der Waals surface area (Å²) in [4.78, 5) is 13.2. The van der Waals surface area contributed by atoms with Gasteiger partial charge in [-0.3, -0.25) is 4.90 Å². The Labute approximate surface area is 180 Å². The zero-order valence-electron chi connectivity index (χ0n) is 17.2. The van der Waals surface area contributed by atoms with Crippen molar-refractivity contribution in [1.82, 2.24) is 19.9 Å². The fraction of sp³-hybridized carbons (Fsp3) is 0.111. The standard InChI is InChI=1S/C27H24N4/c1-4-10-25-19(7-1)13-22(28-25)16-31(17-23-14-20-8-2-5-11-26(20)29-23)18-24-15-21-9-3-6-12-27(21)30-24/h1-15,28-30H,16-18H2. The van der Waals surface area contributed by atoms with Crippen molar-refractivity contribution >= 4 is 32.7 Å². The Balaban J connectivity index is 1.32. The van der Waals surface area contributed by atoms with Gasteiger partial charge in [-0.15, -0.1) is 0 Å². The van der Waals surface area contributed by atoms with Crippen LogP contribution in [0.5, 0.6) is 0 Å². The van der Waals surface area contributed by atoms with E-state index in [2.05, 4.69) is 111 Å². The van der Waals surface area contributed by atoms with Crippen molar-refractivity contribution < 1.29 is 0 Å². The minimum Gasteiger partial charge on any atom is -0.357 e. The second-order valence-corrected chi connectivity index (χ2v) is 8.29. The molecule has 0 spiro atoms. The quantitative estimate of drug-likeness (QED) is 0.298. The summed E-state index contributed by atoms with van der Waals surface area (Å²) in [6.07, 6.45) is 0. The molecule has 0 bridgehead atoms. The predicted molar refractivity (Wildman–Crippen MR) is 128 cm³/mol. The number of hydrogen-bond acceptors (Lipinski definition) is 1. The minimum atomic E-state index is 0.847. The molecule has 0 fully saturated rings. The minimum absolute atomic E-state index is 0.847. The van der Waals surface area contributed by atoms with E-state index in [0.29, 0.717) is 0 Å². The summed E-state index contributed by atoms with van der Waals surface area (Å²) >= 11 is 0. The van der Waals surface area contributed by atoms with Crippen molar-refractivity contribution in [2.75, 3.05) is 0 Å². The number of nitrogens with zero attached hydrogens (tertiary/aromatic N) is 1. The first-order valence-electron chi connectivity index (χ1n) is 10.7. The van der Waals surface area contributed by atoms with Gasteiger partial charge in [-0.2, -0.15) is 0 Å². The molecule has 6 rings (SSSR count). The molecule has 31 heavy (non-hydrogen) atoms. The van der Waals surface area contributed by atoms with E-state index in [1.165, 1.54) is 49.8 Å². The van der Waals surface area contributed by atoms with Gasteiger partial charge in [0.15, 0.2) is 0 Å². The number of para-hydroxylation sites is 3. The van der Waals surface area contributed by atoms with Gasteiger partial charge in [-0.05, 0) is 52.6 Å². The highest BCUT2D eigenvalue weighted by molar-refractivity contribution is 5.81. The van der Waals surface area contributed by atoms with Crippen molar-refractivity contribution in [3.8, 4) is 0 Å². The van der Waals surface area contributed by atoms with E-state index in [1.54, 1.807) is 0 Å². The van der Waals surface area contributed by atoms with Crippen molar-refractivity contribution in [3.05, 3.63) is 108 Å². The molecule has 0 amide bonds. The summed E-state index contributed by atoms with van der Waals surface area (Å²) < 4.78 is 0. The fourth-order valence-electron chi connectivity index (χ4n) is 4.55. The van der Waals surface area contributed by atoms with Crippen molar-refractivity contribution in [3.63, 3.8) is 0 Å². The van der Waals surface area contributed by atoms with Crippen molar-refractivity contribution in [1.29, 1.82) is 0 Å². The molecule has 0 unspecified atom stereocenters. The van der Waals surface area contributed by atoms with Crippen LogP contribution < -0.4 is 0 Å². The Morgan fingerprint density at radius 3 is 1.10 bits per heavy atom. The number of rotatable bonds is 6. The van der Waals surface area contributed by atoms with Crippen LogP contribution in [0.4, 0.5) is 0 Å². The van der Waals surface area contributed by atoms with Gasteiger partial charge in [-0.1, -0.05) is 54.6 Å². The number of aromatic nitrogens is 3. The van der Waals surface area contributed by atoms with Crippen LogP contribution in [0, 0.1) is 0 Å². The summed E-state index contributed by atoms with van der Waals surface area (Å²) in [6.45, 7) is 2.54. The van der Waals surface area contributed by atoms with E-state index in [-0.39, 0.29) is 0 Å². The van der Waals surface area contributed by atoms with Gasteiger partial charge in [0.05, 0.1) is 0 Å². The highest BCUT2D eigenvalue weighted by Crippen LogP contribution is 2.22. The maximum Gasteiger partial charge on any atom is 0.0456 e. The van der Waals surface area contributed by atoms with E-state index in [4.69, 9.17) is 0 Å². The van der Waals surface area contributed by atoms with Gasteiger partial charge in [0.2, 0.25) is 0 Å². The SMILES string of the molecule is c1ccc2[nH]c(CN(Cc3cc4ccccc4[nH]3)Cc3cc4ccccc4[nH]3)cc2c1. The lowest BCUT2D eigenvalue weighted by atomic mass is 10.2. The second kappa shape index (κ2) is 7.49. The number of nitrogens with one attached hydrogen (secondary N) is 3. The normalized spacial score (nSPS) is 11.9.